The molecule has 3 aliphatic heterocycles. The molecule has 0 saturated carbocycles. The predicted octanol–water partition coefficient (Wildman–Crippen LogP) is 1.87. The maximum absolute atomic E-state index is 13.2. The number of hydrogen-bond acceptors (Lipinski definition) is 5. The Kier molecular flexibility index (Phi) is 5.44. The number of amides is 1. The Hall–Kier alpha value is -2.26. The molecular formula is C20H24FN3O4S. The van der Waals surface area contributed by atoms with Gasteiger partial charge in [-0.15, -0.1) is 4.40 Å². The van der Waals surface area contributed by atoms with E-state index in [1.165, 1.54) is 24.3 Å². The number of halogens is 1. The van der Waals surface area contributed by atoms with Gasteiger partial charge in [0.15, 0.2) is 0 Å². The van der Waals surface area contributed by atoms with Crippen LogP contribution in [0.15, 0.2) is 34.2 Å². The Morgan fingerprint density at radius 3 is 2.62 bits per heavy atom. The van der Waals surface area contributed by atoms with Gasteiger partial charge in [0, 0.05) is 38.4 Å². The van der Waals surface area contributed by atoms with Gasteiger partial charge in [0.2, 0.25) is 5.91 Å². The fourth-order valence-corrected chi connectivity index (χ4v) is 5.61. The lowest BCUT2D eigenvalue weighted by Gasteiger charge is -2.25. The molecule has 3 aliphatic rings. The van der Waals surface area contributed by atoms with Crippen LogP contribution in [0.4, 0.5) is 4.39 Å². The standard InChI is InChI=1S/C20H24FN3O4S/c1-14-18(15-3-5-17(21)6-4-15)29(26,27)22-19(14)23-8-2-9-24(11-10-23)20(25)16-7-12-28-13-16/h3-6,16H,2,7-13H2,1H3/t16-/m0/s1. The molecule has 1 aromatic carbocycles. The largest absolute Gasteiger partial charge is 0.381 e. The van der Waals surface area contributed by atoms with Crippen molar-refractivity contribution in [2.75, 3.05) is 39.4 Å². The molecule has 4 rings (SSSR count). The second-order valence-electron chi connectivity index (χ2n) is 7.58. The lowest BCUT2D eigenvalue weighted by Crippen LogP contribution is -2.40. The second-order valence-corrected chi connectivity index (χ2v) is 9.12. The van der Waals surface area contributed by atoms with Gasteiger partial charge in [-0.1, -0.05) is 12.1 Å². The molecule has 3 heterocycles. The van der Waals surface area contributed by atoms with Gasteiger partial charge >= 0.3 is 0 Å². The summed E-state index contributed by atoms with van der Waals surface area (Å²) in [4.78, 5) is 16.6. The summed E-state index contributed by atoms with van der Waals surface area (Å²) in [7, 11) is -3.85. The van der Waals surface area contributed by atoms with Crippen LogP contribution in [-0.4, -0.2) is 69.4 Å². The summed E-state index contributed by atoms with van der Waals surface area (Å²) in [5, 5.41) is 0. The van der Waals surface area contributed by atoms with E-state index in [0.717, 1.165) is 12.8 Å². The summed E-state index contributed by atoms with van der Waals surface area (Å²) >= 11 is 0. The maximum atomic E-state index is 13.2. The maximum Gasteiger partial charge on any atom is 0.285 e. The molecule has 1 amide bonds. The van der Waals surface area contributed by atoms with E-state index >= 15 is 0 Å². The smallest absolute Gasteiger partial charge is 0.285 e. The fraction of sp³-hybridized carbons (Fsp3) is 0.500. The third-order valence-electron chi connectivity index (χ3n) is 5.63. The summed E-state index contributed by atoms with van der Waals surface area (Å²) < 4.78 is 48.0. The summed E-state index contributed by atoms with van der Waals surface area (Å²) in [6.07, 6.45) is 1.49. The zero-order chi connectivity index (χ0) is 20.6. The van der Waals surface area contributed by atoms with Gasteiger partial charge < -0.3 is 14.5 Å². The van der Waals surface area contributed by atoms with Gasteiger partial charge in [0.1, 0.15) is 16.6 Å². The molecule has 7 nitrogen and oxygen atoms in total. The van der Waals surface area contributed by atoms with E-state index in [1.807, 2.05) is 9.80 Å². The first-order valence-corrected chi connectivity index (χ1v) is 11.2. The monoisotopic (exact) mass is 421 g/mol. The summed E-state index contributed by atoms with van der Waals surface area (Å²) in [6.45, 7) is 5.13. The van der Waals surface area contributed by atoms with E-state index in [-0.39, 0.29) is 16.7 Å². The van der Waals surface area contributed by atoms with Crippen molar-refractivity contribution in [2.24, 2.45) is 10.3 Å². The van der Waals surface area contributed by atoms with E-state index in [1.54, 1.807) is 6.92 Å². The molecule has 0 radical (unpaired) electrons. The minimum absolute atomic E-state index is 0.0718. The Bertz CT molecular complexity index is 966. The van der Waals surface area contributed by atoms with Crippen LogP contribution >= 0.6 is 0 Å². The third-order valence-corrected chi connectivity index (χ3v) is 7.10. The van der Waals surface area contributed by atoms with Gasteiger partial charge in [-0.2, -0.15) is 8.42 Å². The van der Waals surface area contributed by atoms with Crippen LogP contribution in [0.25, 0.3) is 4.91 Å². The minimum atomic E-state index is -3.85. The average molecular weight is 421 g/mol. The van der Waals surface area contributed by atoms with Crippen LogP contribution < -0.4 is 0 Å². The van der Waals surface area contributed by atoms with Crippen molar-refractivity contribution in [1.29, 1.82) is 0 Å². The first-order chi connectivity index (χ1) is 13.9. The molecule has 1 atom stereocenters. The van der Waals surface area contributed by atoms with Crippen molar-refractivity contribution < 1.29 is 22.3 Å². The van der Waals surface area contributed by atoms with E-state index in [2.05, 4.69) is 4.40 Å². The van der Waals surface area contributed by atoms with Crippen molar-refractivity contribution in [2.45, 2.75) is 19.8 Å². The van der Waals surface area contributed by atoms with Crippen LogP contribution in [-0.2, 0) is 19.6 Å². The van der Waals surface area contributed by atoms with E-state index < -0.39 is 15.8 Å². The molecule has 9 heteroatoms. The van der Waals surface area contributed by atoms with Crippen molar-refractivity contribution in [3.05, 3.63) is 41.2 Å². The number of rotatable bonds is 2. The Morgan fingerprint density at radius 2 is 1.93 bits per heavy atom. The number of nitrogens with zero attached hydrogens (tertiary/aromatic N) is 3. The van der Waals surface area contributed by atoms with Crippen LogP contribution in [0.1, 0.15) is 25.3 Å². The molecule has 0 N–H and O–H groups in total. The minimum Gasteiger partial charge on any atom is -0.381 e. The third kappa shape index (κ3) is 3.93. The van der Waals surface area contributed by atoms with Crippen LogP contribution in [0, 0.1) is 11.7 Å². The number of sulfonamides is 1. The number of hydrogen-bond donors (Lipinski definition) is 0. The molecule has 0 spiro atoms. The number of ether oxygens (including phenoxy) is 1. The summed E-state index contributed by atoms with van der Waals surface area (Å²) in [5.41, 5.74) is 0.982. The highest BCUT2D eigenvalue weighted by molar-refractivity contribution is 8.00. The SMILES string of the molecule is CC1=C(c2ccc(F)cc2)S(=O)(=O)N=C1N1CCCN(C(=O)[C@H]2CCOC2)CC1. The molecule has 0 aliphatic carbocycles. The van der Waals surface area contributed by atoms with Gasteiger partial charge in [0.25, 0.3) is 10.0 Å². The van der Waals surface area contributed by atoms with Crippen LogP contribution in [0.5, 0.6) is 0 Å². The lowest BCUT2D eigenvalue weighted by atomic mass is 10.1. The average Bonchev–Trinajstić information content (AvgIpc) is 3.21. The normalized spacial score (nSPS) is 24.6. The molecule has 2 fully saturated rings. The van der Waals surface area contributed by atoms with Crippen molar-refractivity contribution >= 4 is 26.7 Å². The number of carbonyl (C=O) groups is 1. The fourth-order valence-electron chi connectivity index (χ4n) is 4.12. The molecule has 1 aromatic rings. The number of amidine groups is 1. The highest BCUT2D eigenvalue weighted by Crippen LogP contribution is 2.34. The Labute approximate surface area is 169 Å². The zero-order valence-electron chi connectivity index (χ0n) is 16.3. The molecule has 0 aromatic heterocycles. The zero-order valence-corrected chi connectivity index (χ0v) is 17.1. The number of carbonyl (C=O) groups excluding carboxylic acids is 1. The predicted molar refractivity (Wildman–Crippen MR) is 107 cm³/mol. The highest BCUT2D eigenvalue weighted by Gasteiger charge is 2.35. The summed E-state index contributed by atoms with van der Waals surface area (Å²) in [6, 6.07) is 5.39. The van der Waals surface area contributed by atoms with Crippen molar-refractivity contribution in [3.63, 3.8) is 0 Å². The van der Waals surface area contributed by atoms with E-state index in [0.29, 0.717) is 56.4 Å². The van der Waals surface area contributed by atoms with E-state index in [9.17, 15) is 17.6 Å². The Morgan fingerprint density at radius 1 is 1.17 bits per heavy atom. The van der Waals surface area contributed by atoms with Crippen molar-refractivity contribution in [1.82, 2.24) is 9.80 Å². The van der Waals surface area contributed by atoms with Crippen LogP contribution in [0.2, 0.25) is 0 Å². The lowest BCUT2D eigenvalue weighted by molar-refractivity contribution is -0.135. The molecular weight excluding hydrogens is 397 g/mol. The number of benzene rings is 1. The van der Waals surface area contributed by atoms with Gasteiger partial charge in [0.05, 0.1) is 12.5 Å². The molecule has 29 heavy (non-hydrogen) atoms. The van der Waals surface area contributed by atoms with Crippen LogP contribution in [0.3, 0.4) is 0 Å². The highest BCUT2D eigenvalue weighted by atomic mass is 32.2. The molecule has 156 valence electrons. The van der Waals surface area contributed by atoms with Gasteiger partial charge in [-0.05, 0) is 37.5 Å². The molecule has 0 bridgehead atoms. The first-order valence-electron chi connectivity index (χ1n) is 9.80. The molecule has 0 unspecified atom stereocenters. The van der Waals surface area contributed by atoms with E-state index in [4.69, 9.17) is 4.74 Å². The van der Waals surface area contributed by atoms with Gasteiger partial charge in [-0.3, -0.25) is 4.79 Å². The molecule has 2 saturated heterocycles. The van der Waals surface area contributed by atoms with Gasteiger partial charge in [-0.25, -0.2) is 4.39 Å². The Balaban J connectivity index is 1.53. The quantitative estimate of drug-likeness (QED) is 0.729. The van der Waals surface area contributed by atoms with Crippen molar-refractivity contribution in [3.8, 4) is 0 Å². The topological polar surface area (TPSA) is 79.3 Å². The first kappa shape index (κ1) is 20.0. The second kappa shape index (κ2) is 7.87. The summed E-state index contributed by atoms with van der Waals surface area (Å²) in [5.74, 6) is 0.0401.